The maximum absolute atomic E-state index is 13.8. The molecule has 4 nitrogen and oxygen atoms in total. The zero-order valence-corrected chi connectivity index (χ0v) is 11.9. The van der Waals surface area contributed by atoms with Gasteiger partial charge in [0.25, 0.3) is 0 Å². The monoisotopic (exact) mass is 300 g/mol. The molecule has 0 spiro atoms. The average molecular weight is 301 g/mol. The molecular formula is C13H15ClF2N4. The zero-order chi connectivity index (χ0) is 14.9. The van der Waals surface area contributed by atoms with Crippen LogP contribution in [0.2, 0.25) is 5.15 Å². The second kappa shape index (κ2) is 5.87. The second-order valence-corrected chi connectivity index (χ2v) is 4.90. The van der Waals surface area contributed by atoms with Crippen LogP contribution in [0.5, 0.6) is 0 Å². The van der Waals surface area contributed by atoms with Gasteiger partial charge in [0.05, 0.1) is 11.7 Å². The van der Waals surface area contributed by atoms with Crippen molar-refractivity contribution in [2.45, 2.75) is 19.4 Å². The number of hydrogen-bond donors (Lipinski definition) is 2. The summed E-state index contributed by atoms with van der Waals surface area (Å²) in [6.07, 6.45) is 0.243. The van der Waals surface area contributed by atoms with Crippen LogP contribution in [0.1, 0.15) is 22.9 Å². The van der Waals surface area contributed by atoms with E-state index >= 15 is 0 Å². The minimum absolute atomic E-state index is 0.102. The summed E-state index contributed by atoms with van der Waals surface area (Å²) in [6, 6.07) is 2.97. The summed E-state index contributed by atoms with van der Waals surface area (Å²) in [5.41, 5.74) is 3.75. The summed E-state index contributed by atoms with van der Waals surface area (Å²) in [5, 5.41) is 4.60. The van der Waals surface area contributed by atoms with E-state index in [9.17, 15) is 8.78 Å². The molecule has 1 unspecified atom stereocenters. The number of aromatic nitrogens is 2. The zero-order valence-electron chi connectivity index (χ0n) is 11.1. The lowest BCUT2D eigenvalue weighted by Gasteiger charge is -2.17. The summed E-state index contributed by atoms with van der Waals surface area (Å²) in [7, 11) is 1.70. The molecule has 0 fully saturated rings. The Morgan fingerprint density at radius 3 is 2.45 bits per heavy atom. The maximum Gasteiger partial charge on any atom is 0.130 e. The molecule has 0 radical (unpaired) electrons. The largest absolute Gasteiger partial charge is 0.271 e. The highest BCUT2D eigenvalue weighted by atomic mass is 35.5. The average Bonchev–Trinajstić information content (AvgIpc) is 2.63. The van der Waals surface area contributed by atoms with Crippen molar-refractivity contribution in [2.75, 3.05) is 0 Å². The lowest BCUT2D eigenvalue weighted by Crippen LogP contribution is -2.31. The highest BCUT2D eigenvalue weighted by Gasteiger charge is 2.23. The number of nitrogens with two attached hydrogens (primary N) is 1. The van der Waals surface area contributed by atoms with Gasteiger partial charge in [-0.05, 0) is 25.5 Å². The van der Waals surface area contributed by atoms with Gasteiger partial charge in [-0.2, -0.15) is 5.10 Å². The minimum Gasteiger partial charge on any atom is -0.271 e. The molecular weight excluding hydrogens is 286 g/mol. The smallest absolute Gasteiger partial charge is 0.130 e. The van der Waals surface area contributed by atoms with Gasteiger partial charge in [0.15, 0.2) is 0 Å². The Bertz CT molecular complexity index is 607. The van der Waals surface area contributed by atoms with Crippen LogP contribution in [0.4, 0.5) is 8.78 Å². The maximum atomic E-state index is 13.8. The Hall–Kier alpha value is -1.50. The third kappa shape index (κ3) is 2.67. The van der Waals surface area contributed by atoms with E-state index < -0.39 is 17.7 Å². The van der Waals surface area contributed by atoms with E-state index in [-0.39, 0.29) is 12.0 Å². The molecule has 0 aliphatic carbocycles. The van der Waals surface area contributed by atoms with Gasteiger partial charge in [0.2, 0.25) is 0 Å². The van der Waals surface area contributed by atoms with Crippen LogP contribution >= 0.6 is 11.6 Å². The van der Waals surface area contributed by atoms with Crippen LogP contribution in [-0.4, -0.2) is 9.78 Å². The highest BCUT2D eigenvalue weighted by Crippen LogP contribution is 2.28. The molecule has 3 N–H and O–H groups in total. The number of hydrazine groups is 1. The van der Waals surface area contributed by atoms with E-state index in [4.69, 9.17) is 17.4 Å². The fourth-order valence-electron chi connectivity index (χ4n) is 2.20. The normalized spacial score (nSPS) is 12.7. The van der Waals surface area contributed by atoms with Gasteiger partial charge in [-0.3, -0.25) is 16.0 Å². The van der Waals surface area contributed by atoms with Crippen molar-refractivity contribution in [1.29, 1.82) is 0 Å². The third-order valence-corrected chi connectivity index (χ3v) is 3.70. The summed E-state index contributed by atoms with van der Waals surface area (Å²) < 4.78 is 29.1. The lowest BCUT2D eigenvalue weighted by atomic mass is 9.99. The van der Waals surface area contributed by atoms with Crippen molar-refractivity contribution < 1.29 is 8.78 Å². The topological polar surface area (TPSA) is 55.9 Å². The Morgan fingerprint density at radius 2 is 2.00 bits per heavy atom. The summed E-state index contributed by atoms with van der Waals surface area (Å²) in [5.74, 6) is 4.15. The molecule has 1 aromatic carbocycles. The first-order chi connectivity index (χ1) is 9.45. The van der Waals surface area contributed by atoms with Gasteiger partial charge >= 0.3 is 0 Å². The van der Waals surface area contributed by atoms with E-state index in [0.717, 1.165) is 0 Å². The molecule has 0 bridgehead atoms. The first-order valence-corrected chi connectivity index (χ1v) is 6.41. The predicted octanol–water partition coefficient (Wildman–Crippen LogP) is 2.41. The summed E-state index contributed by atoms with van der Waals surface area (Å²) in [6.45, 7) is 1.78. The van der Waals surface area contributed by atoms with Crippen molar-refractivity contribution in [3.05, 3.63) is 51.8 Å². The van der Waals surface area contributed by atoms with Gasteiger partial charge in [0.1, 0.15) is 16.8 Å². The summed E-state index contributed by atoms with van der Waals surface area (Å²) >= 11 is 6.13. The SMILES string of the molecule is Cc1nn(C)c(Cl)c1CC(NN)c1c(F)cccc1F. The Labute approximate surface area is 120 Å². The predicted molar refractivity (Wildman–Crippen MR) is 73.1 cm³/mol. The summed E-state index contributed by atoms with van der Waals surface area (Å²) in [4.78, 5) is 0. The van der Waals surface area contributed by atoms with Crippen LogP contribution < -0.4 is 11.3 Å². The van der Waals surface area contributed by atoms with E-state index in [0.29, 0.717) is 16.4 Å². The first kappa shape index (κ1) is 14.9. The lowest BCUT2D eigenvalue weighted by molar-refractivity contribution is 0.472. The van der Waals surface area contributed by atoms with Crippen molar-refractivity contribution in [1.82, 2.24) is 15.2 Å². The fraction of sp³-hybridized carbons (Fsp3) is 0.308. The number of nitrogens with one attached hydrogen (secondary N) is 1. The van der Waals surface area contributed by atoms with Crippen LogP contribution in [0.15, 0.2) is 18.2 Å². The molecule has 20 heavy (non-hydrogen) atoms. The quantitative estimate of drug-likeness (QED) is 0.673. The molecule has 0 saturated carbocycles. The number of halogens is 3. The molecule has 2 rings (SSSR count). The molecule has 7 heteroatoms. The molecule has 0 aliphatic rings. The Kier molecular flexibility index (Phi) is 4.37. The molecule has 108 valence electrons. The Balaban J connectivity index is 2.39. The molecule has 0 amide bonds. The van der Waals surface area contributed by atoms with E-state index in [1.165, 1.54) is 22.9 Å². The number of rotatable bonds is 4. The standard InChI is InChI=1S/C13H15ClF2N4/c1-7-8(13(14)20(2)19-7)6-11(18-17)12-9(15)4-3-5-10(12)16/h3-5,11,18H,6,17H2,1-2H3. The van der Waals surface area contributed by atoms with E-state index in [1.807, 2.05) is 0 Å². The second-order valence-electron chi connectivity index (χ2n) is 4.54. The van der Waals surface area contributed by atoms with Crippen LogP contribution in [0.3, 0.4) is 0 Å². The van der Waals surface area contributed by atoms with Crippen molar-refractivity contribution >= 4 is 11.6 Å². The number of hydrogen-bond acceptors (Lipinski definition) is 3. The third-order valence-electron chi connectivity index (χ3n) is 3.23. The van der Waals surface area contributed by atoms with Crippen LogP contribution in [-0.2, 0) is 13.5 Å². The van der Waals surface area contributed by atoms with Gasteiger partial charge in [0, 0.05) is 18.2 Å². The first-order valence-electron chi connectivity index (χ1n) is 6.03. The molecule has 0 saturated heterocycles. The van der Waals surface area contributed by atoms with Gasteiger partial charge in [-0.1, -0.05) is 17.7 Å². The highest BCUT2D eigenvalue weighted by molar-refractivity contribution is 6.30. The van der Waals surface area contributed by atoms with Crippen molar-refractivity contribution in [3.8, 4) is 0 Å². The number of aryl methyl sites for hydroxylation is 2. The molecule has 1 atom stereocenters. The van der Waals surface area contributed by atoms with Crippen molar-refractivity contribution in [2.24, 2.45) is 12.9 Å². The van der Waals surface area contributed by atoms with Gasteiger partial charge in [-0.25, -0.2) is 8.78 Å². The van der Waals surface area contributed by atoms with Crippen molar-refractivity contribution in [3.63, 3.8) is 0 Å². The molecule has 2 aromatic rings. The number of benzene rings is 1. The number of nitrogens with zero attached hydrogens (tertiary/aromatic N) is 2. The van der Waals surface area contributed by atoms with E-state index in [1.54, 1.807) is 14.0 Å². The van der Waals surface area contributed by atoms with Gasteiger partial charge < -0.3 is 0 Å². The van der Waals surface area contributed by atoms with Gasteiger partial charge in [-0.15, -0.1) is 0 Å². The Morgan fingerprint density at radius 1 is 1.40 bits per heavy atom. The molecule has 1 heterocycles. The van der Waals surface area contributed by atoms with Crippen LogP contribution in [0, 0.1) is 18.6 Å². The fourth-order valence-corrected chi connectivity index (χ4v) is 2.45. The van der Waals surface area contributed by atoms with Crippen LogP contribution in [0.25, 0.3) is 0 Å². The molecule has 1 aromatic heterocycles. The minimum atomic E-state index is -0.725. The van der Waals surface area contributed by atoms with E-state index in [2.05, 4.69) is 10.5 Å². The molecule has 0 aliphatic heterocycles.